The maximum absolute atomic E-state index is 11.9. The van der Waals surface area contributed by atoms with Gasteiger partial charge in [-0.25, -0.2) is 9.78 Å². The summed E-state index contributed by atoms with van der Waals surface area (Å²) in [5, 5.41) is 9.34. The van der Waals surface area contributed by atoms with E-state index in [0.717, 1.165) is 4.57 Å². The molecule has 2 rings (SSSR count). The summed E-state index contributed by atoms with van der Waals surface area (Å²) in [6.07, 6.45) is 1.13. The Bertz CT molecular complexity index is 772. The van der Waals surface area contributed by atoms with Crippen LogP contribution in [0, 0.1) is 6.92 Å². The molecule has 112 valence electrons. The van der Waals surface area contributed by atoms with Crippen LogP contribution in [0.15, 0.2) is 15.8 Å². The zero-order valence-electron chi connectivity index (χ0n) is 11.9. The lowest BCUT2D eigenvalue weighted by molar-refractivity contribution is -0.121. The van der Waals surface area contributed by atoms with Crippen LogP contribution in [-0.2, 0) is 18.3 Å². The number of amides is 1. The highest BCUT2D eigenvalue weighted by molar-refractivity contribution is 5.78. The third kappa shape index (κ3) is 3.25. The molecule has 2 aromatic rings. The van der Waals surface area contributed by atoms with Crippen LogP contribution in [0.25, 0.3) is 0 Å². The van der Waals surface area contributed by atoms with E-state index in [1.165, 1.54) is 13.2 Å². The molecule has 0 aliphatic carbocycles. The Balaban J connectivity index is 2.07. The molecule has 0 saturated heterocycles. The zero-order valence-corrected chi connectivity index (χ0v) is 11.9. The monoisotopic (exact) mass is 292 g/mol. The van der Waals surface area contributed by atoms with E-state index in [4.69, 9.17) is 0 Å². The van der Waals surface area contributed by atoms with E-state index >= 15 is 0 Å². The predicted molar refractivity (Wildman–Crippen MR) is 73.7 cm³/mol. The van der Waals surface area contributed by atoms with Crippen LogP contribution in [0.5, 0.6) is 0 Å². The minimum absolute atomic E-state index is 0.128. The second-order valence-electron chi connectivity index (χ2n) is 4.73. The van der Waals surface area contributed by atoms with E-state index in [9.17, 15) is 14.4 Å². The first-order valence-corrected chi connectivity index (χ1v) is 6.34. The number of aromatic nitrogens is 5. The molecule has 3 N–H and O–H groups in total. The molecule has 0 aromatic carbocycles. The van der Waals surface area contributed by atoms with Crippen LogP contribution in [0.2, 0.25) is 0 Å². The first kappa shape index (κ1) is 14.7. The minimum atomic E-state index is -0.520. The van der Waals surface area contributed by atoms with Crippen LogP contribution in [0.1, 0.15) is 30.2 Å². The van der Waals surface area contributed by atoms with Gasteiger partial charge in [0, 0.05) is 18.8 Å². The van der Waals surface area contributed by atoms with Crippen molar-refractivity contribution in [3.8, 4) is 0 Å². The van der Waals surface area contributed by atoms with Crippen molar-refractivity contribution < 1.29 is 4.79 Å². The molecule has 1 atom stereocenters. The molecule has 0 radical (unpaired) electrons. The number of rotatable bonds is 4. The van der Waals surface area contributed by atoms with Crippen molar-refractivity contribution in [2.45, 2.75) is 26.3 Å². The number of nitrogens with one attached hydrogen (secondary N) is 3. The van der Waals surface area contributed by atoms with Gasteiger partial charge in [-0.2, -0.15) is 5.10 Å². The van der Waals surface area contributed by atoms with E-state index in [2.05, 4.69) is 25.5 Å². The molecule has 1 unspecified atom stereocenters. The number of aromatic amines is 2. The van der Waals surface area contributed by atoms with E-state index in [0.29, 0.717) is 11.6 Å². The van der Waals surface area contributed by atoms with Crippen LogP contribution >= 0.6 is 0 Å². The van der Waals surface area contributed by atoms with E-state index in [1.54, 1.807) is 13.8 Å². The Kier molecular flexibility index (Phi) is 4.01. The molecule has 0 bridgehead atoms. The average molecular weight is 292 g/mol. The third-order valence-electron chi connectivity index (χ3n) is 2.98. The minimum Gasteiger partial charge on any atom is -0.346 e. The number of carbonyl (C=O) groups excluding carboxylic acids is 1. The first-order chi connectivity index (χ1) is 9.88. The quantitative estimate of drug-likeness (QED) is 0.661. The fraction of sp³-hybridized carbons (Fsp3) is 0.417. The van der Waals surface area contributed by atoms with Gasteiger partial charge in [-0.3, -0.25) is 19.3 Å². The summed E-state index contributed by atoms with van der Waals surface area (Å²) in [4.78, 5) is 41.5. The van der Waals surface area contributed by atoms with Gasteiger partial charge in [-0.1, -0.05) is 0 Å². The fourth-order valence-corrected chi connectivity index (χ4v) is 1.83. The summed E-state index contributed by atoms with van der Waals surface area (Å²) in [7, 11) is 1.35. The lowest BCUT2D eigenvalue weighted by Gasteiger charge is -2.10. The molecule has 1 amide bonds. The van der Waals surface area contributed by atoms with Crippen LogP contribution < -0.4 is 16.6 Å². The van der Waals surface area contributed by atoms with E-state index in [-0.39, 0.29) is 23.9 Å². The lowest BCUT2D eigenvalue weighted by Crippen LogP contribution is -2.37. The number of nitrogens with zero attached hydrogens (tertiary/aromatic N) is 3. The molecular weight excluding hydrogens is 276 g/mol. The Morgan fingerprint density at radius 3 is 2.81 bits per heavy atom. The summed E-state index contributed by atoms with van der Waals surface area (Å²) >= 11 is 0. The number of hydrogen-bond acceptors (Lipinski definition) is 5. The first-order valence-electron chi connectivity index (χ1n) is 6.34. The summed E-state index contributed by atoms with van der Waals surface area (Å²) < 4.78 is 0.921. The second-order valence-corrected chi connectivity index (χ2v) is 4.73. The van der Waals surface area contributed by atoms with Crippen LogP contribution in [-0.4, -0.2) is 30.6 Å². The summed E-state index contributed by atoms with van der Waals surface area (Å²) in [5.41, 5.74) is -0.794. The fourth-order valence-electron chi connectivity index (χ4n) is 1.83. The standard InChI is InChI=1S/C12H16N6O3/c1-6(10-15-7(2)16-17-10)14-9(19)4-8-5-13-12(21)18(3)11(8)20/h5-6H,4H2,1-3H3,(H,13,21)(H,14,19)(H,15,16,17). The molecule has 0 fully saturated rings. The van der Waals surface area contributed by atoms with Gasteiger partial charge in [0.2, 0.25) is 5.91 Å². The molecular formula is C12H16N6O3. The average Bonchev–Trinajstić information content (AvgIpc) is 2.86. The molecule has 0 spiro atoms. The van der Waals surface area contributed by atoms with Crippen molar-refractivity contribution in [3.63, 3.8) is 0 Å². The van der Waals surface area contributed by atoms with E-state index < -0.39 is 11.2 Å². The van der Waals surface area contributed by atoms with Gasteiger partial charge in [0.25, 0.3) is 5.56 Å². The smallest absolute Gasteiger partial charge is 0.328 e. The van der Waals surface area contributed by atoms with Crippen molar-refractivity contribution in [2.75, 3.05) is 0 Å². The lowest BCUT2D eigenvalue weighted by atomic mass is 10.2. The largest absolute Gasteiger partial charge is 0.346 e. The van der Waals surface area contributed by atoms with Crippen molar-refractivity contribution in [1.82, 2.24) is 30.0 Å². The molecule has 0 saturated carbocycles. The molecule has 2 heterocycles. The van der Waals surface area contributed by atoms with Gasteiger partial charge in [-0.15, -0.1) is 0 Å². The number of carbonyl (C=O) groups is 1. The van der Waals surface area contributed by atoms with Crippen molar-refractivity contribution in [1.29, 1.82) is 0 Å². The highest BCUT2D eigenvalue weighted by Crippen LogP contribution is 2.05. The van der Waals surface area contributed by atoms with Gasteiger partial charge >= 0.3 is 5.69 Å². The predicted octanol–water partition coefficient (Wildman–Crippen LogP) is -1.08. The topological polar surface area (TPSA) is 126 Å². The van der Waals surface area contributed by atoms with Gasteiger partial charge in [0.05, 0.1) is 12.5 Å². The van der Waals surface area contributed by atoms with Crippen molar-refractivity contribution in [3.05, 3.63) is 44.2 Å². The van der Waals surface area contributed by atoms with E-state index in [1.807, 2.05) is 0 Å². The van der Waals surface area contributed by atoms with Crippen LogP contribution in [0.4, 0.5) is 0 Å². The maximum atomic E-state index is 11.9. The Labute approximate surface area is 119 Å². The van der Waals surface area contributed by atoms with Gasteiger partial charge < -0.3 is 10.3 Å². The van der Waals surface area contributed by atoms with Gasteiger partial charge in [0.15, 0.2) is 5.82 Å². The molecule has 0 aliphatic rings. The Morgan fingerprint density at radius 2 is 2.19 bits per heavy atom. The second kappa shape index (κ2) is 5.73. The summed E-state index contributed by atoms with van der Waals surface area (Å²) in [6.45, 7) is 3.50. The highest BCUT2D eigenvalue weighted by atomic mass is 16.2. The molecule has 9 heteroatoms. The van der Waals surface area contributed by atoms with Crippen molar-refractivity contribution >= 4 is 5.91 Å². The molecule has 21 heavy (non-hydrogen) atoms. The molecule has 9 nitrogen and oxygen atoms in total. The zero-order chi connectivity index (χ0) is 15.6. The maximum Gasteiger partial charge on any atom is 0.328 e. The number of aryl methyl sites for hydroxylation is 1. The van der Waals surface area contributed by atoms with Crippen molar-refractivity contribution in [2.24, 2.45) is 7.05 Å². The SMILES string of the molecule is Cc1nc(C(C)NC(=O)Cc2c[nH]c(=O)n(C)c2=O)n[nH]1. The number of H-pyrrole nitrogens is 2. The summed E-state index contributed by atoms with van der Waals surface area (Å²) in [6, 6.07) is -0.380. The molecule has 0 aliphatic heterocycles. The van der Waals surface area contributed by atoms with Gasteiger partial charge in [-0.05, 0) is 13.8 Å². The van der Waals surface area contributed by atoms with Gasteiger partial charge in [0.1, 0.15) is 5.82 Å². The normalized spacial score (nSPS) is 12.1. The Morgan fingerprint density at radius 1 is 1.48 bits per heavy atom. The highest BCUT2D eigenvalue weighted by Gasteiger charge is 2.15. The number of hydrogen-bond donors (Lipinski definition) is 3. The Hall–Kier alpha value is -2.71. The summed E-state index contributed by atoms with van der Waals surface area (Å²) in [5.74, 6) is 0.768. The van der Waals surface area contributed by atoms with Crippen LogP contribution in [0.3, 0.4) is 0 Å². The molecule has 2 aromatic heterocycles. The third-order valence-corrected chi connectivity index (χ3v) is 2.98.